The van der Waals surface area contributed by atoms with Gasteiger partial charge in [0.1, 0.15) is 0 Å². The van der Waals surface area contributed by atoms with Gasteiger partial charge in [-0.15, -0.1) is 6.54 Å². The molecule has 3 amide bonds. The van der Waals surface area contributed by atoms with Crippen molar-refractivity contribution in [2.24, 2.45) is 5.92 Å². The molecule has 3 saturated heterocycles. The van der Waals surface area contributed by atoms with E-state index in [2.05, 4.69) is 288 Å². The summed E-state index contributed by atoms with van der Waals surface area (Å²) in [7, 11) is 6.95. The SMILES string of the molecule is CC(C)C.C[C-](C)C.C[C-](C)C.C[C-](C)C.[CH2-]C(=O)N1CCN(c2ccc([C@@H](C)NC(C)(C)C)cc2)CC1.[CH2-]Cn1ccc(-c2ccc([C@@H](C)NC(C)(C)C)cc2)cc1=O.[CH2-]Nc1ccc(C(=O)N2CCC(NC(C)(C)C)C2)cc1.[CH2-]Oc1ccc(C(=O)N2CCC(NC(C)(C)C)C2)cc1.[Y].[Y].[Y].[Y]. The molecule has 104 heavy (non-hydrogen) atoms. The van der Waals surface area contributed by atoms with E-state index in [0.29, 0.717) is 36.0 Å². The number of aromatic nitrogens is 1. The molecule has 15 nitrogen and oxygen atoms in total. The van der Waals surface area contributed by atoms with Crippen molar-refractivity contribution in [2.75, 3.05) is 62.6 Å². The Morgan fingerprint density at radius 2 is 0.865 bits per heavy atom. The van der Waals surface area contributed by atoms with Gasteiger partial charge in [-0.2, -0.15) is 69.4 Å². The van der Waals surface area contributed by atoms with Crippen LogP contribution in [0.5, 0.6) is 5.75 Å². The van der Waals surface area contributed by atoms with E-state index in [4.69, 9.17) is 4.74 Å². The number of nitrogens with zero attached hydrogens (tertiary/aromatic N) is 5. The zero-order valence-corrected chi connectivity index (χ0v) is 80.9. The number of amides is 3. The van der Waals surface area contributed by atoms with Crippen LogP contribution in [0.4, 0.5) is 11.4 Å². The number of anilines is 2. The second-order valence-corrected chi connectivity index (χ2v) is 32.7. The average molecular weight is 1730 g/mol. The van der Waals surface area contributed by atoms with E-state index in [1.54, 1.807) is 46.0 Å². The standard InChI is InChI=1S/C19H25N2O.C18H28N3O.C16H24N3O.C16H23N2O2.C4H10.3C4H9.4Y/c1-6-21-12-11-17(13-18(21)22)16-9-7-15(8-10-16)14(2)20-19(3,4)5;1-14(19-18(3,4)5)16-6-8-17(9-7-16)21-12-10-20(11-13-21)15(2)22;1-16(2,3)18-14-9-10-19(11-14)15(20)12-5-7-13(17-4)8-6-12;1-16(2,3)17-13-9-10-18(11-13)15(19)12-5-7-14(20-4)8-6-12;4*1-4(2)3;;;;/h7-14,20H,1,6H2,2-5H3;6-9,14,19H,2,10-13H2,1,3-5H3;5-8,14,17-18H,4,9-11H2,1-3H3;5-8,13,17H,4,9-11H2,1-3H3;4H,1-3H3;3*1-3H3;;;;/q4*-1;;3*-1;;;;/t2*14-;;;;;;;;;;/m11........../s1. The number of likely N-dealkylation sites (tertiary alicyclic amines) is 2. The summed E-state index contributed by atoms with van der Waals surface area (Å²) in [6, 6.07) is 36.7. The summed E-state index contributed by atoms with van der Waals surface area (Å²) >= 11 is 0. The monoisotopic (exact) mass is 1730 g/mol. The normalized spacial score (nSPS) is 15.2. The number of piperazine rings is 1. The number of benzene rings is 4. The summed E-state index contributed by atoms with van der Waals surface area (Å²) in [5.41, 5.74) is 8.45. The van der Waals surface area contributed by atoms with Crippen LogP contribution in [0.1, 0.15) is 237 Å². The molecule has 8 rings (SSSR count). The molecule has 2 unspecified atom stereocenters. The largest absolute Gasteiger partial charge is 0.665 e. The number of carbonyl (C=O) groups is 3. The van der Waals surface area contributed by atoms with Crippen LogP contribution in [0.15, 0.2) is 120 Å². The van der Waals surface area contributed by atoms with Gasteiger partial charge in [0.15, 0.2) is 0 Å². The maximum atomic E-state index is 12.4. The van der Waals surface area contributed by atoms with Crippen molar-refractivity contribution in [2.45, 2.75) is 246 Å². The van der Waals surface area contributed by atoms with E-state index >= 15 is 0 Å². The third-order valence-electron chi connectivity index (χ3n) is 14.5. The van der Waals surface area contributed by atoms with Crippen LogP contribution in [0.3, 0.4) is 0 Å². The molecule has 0 aliphatic carbocycles. The number of hydrogen-bond donors (Lipinski definition) is 5. The Morgan fingerprint density at radius 1 is 0.510 bits per heavy atom. The minimum Gasteiger partial charge on any atom is -0.665 e. The maximum absolute atomic E-state index is 12.4. The van der Waals surface area contributed by atoms with Crippen LogP contribution in [0.2, 0.25) is 0 Å². The number of nitrogens with one attached hydrogen (secondary N) is 5. The van der Waals surface area contributed by atoms with Gasteiger partial charge in [-0.25, -0.2) is 0 Å². The van der Waals surface area contributed by atoms with Crippen LogP contribution >= 0.6 is 0 Å². The van der Waals surface area contributed by atoms with Gasteiger partial charge in [0.05, 0.1) is 11.7 Å². The van der Waals surface area contributed by atoms with E-state index < -0.39 is 0 Å². The molecule has 3 aliphatic rings. The number of ether oxygens (including phenoxy) is 1. The van der Waals surface area contributed by atoms with E-state index in [1.165, 1.54) is 34.6 Å². The quantitative estimate of drug-likeness (QED) is 0.0716. The molecule has 5 aromatic rings. The van der Waals surface area contributed by atoms with Crippen molar-refractivity contribution < 1.29 is 150 Å². The smallest absolute Gasteiger partial charge is 0.253 e. The molecular weight excluding hydrogens is 1600 g/mol. The van der Waals surface area contributed by atoms with Crippen molar-refractivity contribution in [3.05, 3.63) is 194 Å². The molecule has 0 spiro atoms. The van der Waals surface area contributed by atoms with E-state index in [-0.39, 0.29) is 182 Å². The zero-order valence-electron chi connectivity index (χ0n) is 69.5. The van der Waals surface area contributed by atoms with Gasteiger partial charge in [0.2, 0.25) is 5.56 Å². The van der Waals surface area contributed by atoms with Crippen molar-refractivity contribution in [3.63, 3.8) is 0 Å². The predicted octanol–water partition coefficient (Wildman–Crippen LogP) is 17.9. The minimum atomic E-state index is -0.0722. The summed E-state index contributed by atoms with van der Waals surface area (Å²) in [4.78, 5) is 55.9. The summed E-state index contributed by atoms with van der Waals surface area (Å²) in [5.74, 6) is 5.87. The van der Waals surface area contributed by atoms with Crippen molar-refractivity contribution in [1.29, 1.82) is 0 Å². The van der Waals surface area contributed by atoms with Crippen LogP contribution < -0.4 is 41.8 Å². The number of carbonyl (C=O) groups excluding carboxylic acids is 3. The number of pyridine rings is 1. The topological polar surface area (TPSA) is 156 Å². The summed E-state index contributed by atoms with van der Waals surface area (Å²) in [6.45, 7) is 69.6. The van der Waals surface area contributed by atoms with E-state index in [9.17, 15) is 19.2 Å². The molecule has 0 bridgehead atoms. The van der Waals surface area contributed by atoms with Gasteiger partial charge < -0.3 is 91.9 Å². The molecule has 3 fully saturated rings. The number of hydrogen-bond acceptors (Lipinski definition) is 11. The molecule has 4 heterocycles. The molecule has 1 aromatic heterocycles. The van der Waals surface area contributed by atoms with Gasteiger partial charge >= 0.3 is 0 Å². The van der Waals surface area contributed by atoms with Crippen molar-refractivity contribution >= 4 is 29.1 Å². The first-order valence-corrected chi connectivity index (χ1v) is 36.0. The van der Waals surface area contributed by atoms with Gasteiger partial charge in [-0.05, 0) is 205 Å². The molecule has 3 aliphatic heterocycles. The maximum Gasteiger partial charge on any atom is 0.253 e. The molecule has 576 valence electrons. The Labute approximate surface area is 736 Å². The molecule has 4 aromatic carbocycles. The molecule has 4 radical (unpaired) electrons. The second-order valence-electron chi connectivity index (χ2n) is 32.7. The third kappa shape index (κ3) is 49.1. The molecule has 5 N–H and O–H groups in total. The Hall–Kier alpha value is -2.23. The summed E-state index contributed by atoms with van der Waals surface area (Å²) < 4.78 is 6.45. The average Bonchev–Trinajstić information content (AvgIpc) is 0.898. The zero-order chi connectivity index (χ0) is 76.5. The van der Waals surface area contributed by atoms with Gasteiger partial charge in [0.25, 0.3) is 11.8 Å². The molecule has 0 saturated carbocycles. The first-order chi connectivity index (χ1) is 46.3. The minimum absolute atomic E-state index is 0. The van der Waals surface area contributed by atoms with Crippen molar-refractivity contribution in [1.82, 2.24) is 40.5 Å². The van der Waals surface area contributed by atoms with Crippen LogP contribution in [0, 0.1) is 51.7 Å². The first-order valence-electron chi connectivity index (χ1n) is 36.0. The van der Waals surface area contributed by atoms with Gasteiger partial charge in [-0.3, -0.25) is 21.4 Å². The Bertz CT molecular complexity index is 3000. The van der Waals surface area contributed by atoms with Gasteiger partial charge in [0, 0.05) is 264 Å². The Balaban J connectivity index is -0.000000590. The Morgan fingerprint density at radius 3 is 1.17 bits per heavy atom. The fraction of sp³-hybridized carbons (Fsp3) is 0.541. The number of rotatable bonds is 13. The van der Waals surface area contributed by atoms with Crippen LogP contribution in [-0.4, -0.2) is 124 Å². The molecule has 19 heteroatoms. The van der Waals surface area contributed by atoms with Gasteiger partial charge in [-0.1, -0.05) is 57.2 Å². The third-order valence-corrected chi connectivity index (χ3v) is 14.5. The molecule has 4 atom stereocenters. The van der Waals surface area contributed by atoms with E-state index in [0.717, 1.165) is 93.5 Å². The fourth-order valence-electron chi connectivity index (χ4n) is 10.6. The molecular formula is C85H137N10O5Y4-7. The first kappa shape index (κ1) is 108. The van der Waals surface area contributed by atoms with Crippen LogP contribution in [0.25, 0.3) is 11.1 Å². The van der Waals surface area contributed by atoms with Crippen molar-refractivity contribution in [3.8, 4) is 16.9 Å². The predicted molar refractivity (Wildman–Crippen MR) is 428 cm³/mol. The Kier molecular flexibility index (Phi) is 56.6. The summed E-state index contributed by atoms with van der Waals surface area (Å²) in [6.07, 6.45) is 3.81. The second kappa shape index (κ2) is 54.4. The van der Waals surface area contributed by atoms with E-state index in [1.807, 2.05) is 40.1 Å². The summed E-state index contributed by atoms with van der Waals surface area (Å²) in [5, 5.41) is 17.1. The fourth-order valence-corrected chi connectivity index (χ4v) is 10.6. The van der Waals surface area contributed by atoms with Crippen LogP contribution in [-0.2, 0) is 142 Å².